The molecule has 0 amide bonds. The number of nitrogens with zero attached hydrogens (tertiary/aromatic N) is 2. The summed E-state index contributed by atoms with van der Waals surface area (Å²) >= 11 is 0. The van der Waals surface area contributed by atoms with Crippen LogP contribution < -0.4 is 5.32 Å². The molecular weight excluding hydrogens is 250 g/mol. The van der Waals surface area contributed by atoms with E-state index in [2.05, 4.69) is 30.5 Å². The van der Waals surface area contributed by atoms with Crippen molar-refractivity contribution >= 4 is 0 Å². The van der Waals surface area contributed by atoms with Crippen LogP contribution >= 0.6 is 0 Å². The van der Waals surface area contributed by atoms with Gasteiger partial charge in [-0.15, -0.1) is 0 Å². The zero-order valence-corrected chi connectivity index (χ0v) is 13.2. The van der Waals surface area contributed by atoms with E-state index >= 15 is 0 Å². The molecule has 0 radical (unpaired) electrons. The Morgan fingerprint density at radius 2 is 2.15 bits per heavy atom. The topological polar surface area (TPSA) is 39.1 Å². The van der Waals surface area contributed by atoms with Gasteiger partial charge in [0.15, 0.2) is 0 Å². The van der Waals surface area contributed by atoms with E-state index in [-0.39, 0.29) is 0 Å². The molecule has 0 unspecified atom stereocenters. The highest BCUT2D eigenvalue weighted by Gasteiger charge is 2.31. The molecular formula is C16H29N3O. The number of nitrogens with one attached hydrogen (secondary N) is 1. The first-order valence-corrected chi connectivity index (χ1v) is 7.86. The summed E-state index contributed by atoms with van der Waals surface area (Å²) in [7, 11) is 1.98. The predicted molar refractivity (Wildman–Crippen MR) is 81.7 cm³/mol. The highest BCUT2D eigenvalue weighted by molar-refractivity contribution is 5.05. The largest absolute Gasteiger partial charge is 0.381 e. The molecule has 0 aliphatic carbocycles. The Balaban J connectivity index is 1.88. The summed E-state index contributed by atoms with van der Waals surface area (Å²) in [5.41, 5.74) is 1.76. The average Bonchev–Trinajstić information content (AvgIpc) is 2.83. The van der Waals surface area contributed by atoms with Crippen LogP contribution in [0, 0.1) is 11.3 Å². The van der Waals surface area contributed by atoms with E-state index in [0.29, 0.717) is 11.3 Å². The van der Waals surface area contributed by atoms with Gasteiger partial charge in [0.1, 0.15) is 0 Å². The van der Waals surface area contributed by atoms with Gasteiger partial charge in [0.05, 0.1) is 6.20 Å². The third-order valence-electron chi connectivity index (χ3n) is 4.31. The normalized spacial score (nSPS) is 18.6. The van der Waals surface area contributed by atoms with Crippen LogP contribution in [0.2, 0.25) is 0 Å². The van der Waals surface area contributed by atoms with Crippen LogP contribution in [0.3, 0.4) is 0 Å². The second kappa shape index (κ2) is 7.23. The molecule has 1 N–H and O–H groups in total. The molecule has 4 heteroatoms. The fraction of sp³-hybridized carbons (Fsp3) is 0.812. The van der Waals surface area contributed by atoms with Gasteiger partial charge < -0.3 is 10.1 Å². The minimum atomic E-state index is 0.406. The molecule has 1 aromatic heterocycles. The first-order valence-electron chi connectivity index (χ1n) is 7.86. The summed E-state index contributed by atoms with van der Waals surface area (Å²) in [4.78, 5) is 0. The summed E-state index contributed by atoms with van der Waals surface area (Å²) in [6.07, 6.45) is 8.84. The summed E-state index contributed by atoms with van der Waals surface area (Å²) < 4.78 is 7.46. The van der Waals surface area contributed by atoms with Gasteiger partial charge >= 0.3 is 0 Å². The molecule has 0 saturated carbocycles. The van der Waals surface area contributed by atoms with E-state index < -0.39 is 0 Å². The van der Waals surface area contributed by atoms with Crippen LogP contribution in [0.4, 0.5) is 0 Å². The molecule has 1 saturated heterocycles. The van der Waals surface area contributed by atoms with Gasteiger partial charge in [0, 0.05) is 33.0 Å². The summed E-state index contributed by atoms with van der Waals surface area (Å²) in [5.74, 6) is 0.713. The molecule has 1 aliphatic rings. The maximum atomic E-state index is 5.56. The van der Waals surface area contributed by atoms with Gasteiger partial charge in [-0.25, -0.2) is 0 Å². The van der Waals surface area contributed by atoms with Crippen molar-refractivity contribution in [2.24, 2.45) is 18.4 Å². The van der Waals surface area contributed by atoms with Crippen molar-refractivity contribution in [3.63, 3.8) is 0 Å². The lowest BCUT2D eigenvalue weighted by Crippen LogP contribution is -2.40. The van der Waals surface area contributed by atoms with E-state index in [9.17, 15) is 0 Å². The van der Waals surface area contributed by atoms with Crippen molar-refractivity contribution in [1.29, 1.82) is 0 Å². The van der Waals surface area contributed by atoms with Gasteiger partial charge in [-0.05, 0) is 49.1 Å². The Morgan fingerprint density at radius 3 is 2.75 bits per heavy atom. The van der Waals surface area contributed by atoms with E-state index in [4.69, 9.17) is 4.74 Å². The number of hydrogen-bond donors (Lipinski definition) is 1. The van der Waals surface area contributed by atoms with Crippen LogP contribution in [0.25, 0.3) is 0 Å². The Morgan fingerprint density at radius 1 is 1.40 bits per heavy atom. The summed E-state index contributed by atoms with van der Waals surface area (Å²) in [5, 5.41) is 7.93. The Kier molecular flexibility index (Phi) is 5.61. The lowest BCUT2D eigenvalue weighted by atomic mass is 9.75. The van der Waals surface area contributed by atoms with Crippen LogP contribution in [0.1, 0.15) is 38.7 Å². The van der Waals surface area contributed by atoms with Crippen molar-refractivity contribution in [3.8, 4) is 0 Å². The number of hydrogen-bond acceptors (Lipinski definition) is 3. The number of ether oxygens (including phenoxy) is 1. The monoisotopic (exact) mass is 279 g/mol. The Labute approximate surface area is 122 Å². The lowest BCUT2D eigenvalue weighted by Gasteiger charge is -2.38. The highest BCUT2D eigenvalue weighted by atomic mass is 16.5. The van der Waals surface area contributed by atoms with E-state index in [1.165, 1.54) is 24.8 Å². The fourth-order valence-electron chi connectivity index (χ4n) is 2.96. The molecule has 2 heterocycles. The Hall–Kier alpha value is -0.870. The number of aromatic nitrogens is 2. The molecule has 114 valence electrons. The van der Waals surface area contributed by atoms with Crippen LogP contribution in [0.5, 0.6) is 0 Å². The van der Waals surface area contributed by atoms with Crippen LogP contribution in [0.15, 0.2) is 12.4 Å². The predicted octanol–water partition coefficient (Wildman–Crippen LogP) is 2.40. The van der Waals surface area contributed by atoms with Crippen LogP contribution in [-0.2, 0) is 18.2 Å². The van der Waals surface area contributed by atoms with Crippen molar-refractivity contribution in [2.75, 3.05) is 26.3 Å². The quantitative estimate of drug-likeness (QED) is 0.833. The molecule has 0 spiro atoms. The molecule has 1 aromatic rings. The molecule has 4 nitrogen and oxygen atoms in total. The Bertz CT molecular complexity index is 394. The van der Waals surface area contributed by atoms with Gasteiger partial charge in [-0.1, -0.05) is 13.8 Å². The number of aryl methyl sites for hydroxylation is 2. The smallest absolute Gasteiger partial charge is 0.0521 e. The minimum absolute atomic E-state index is 0.406. The maximum absolute atomic E-state index is 5.56. The van der Waals surface area contributed by atoms with Gasteiger partial charge in [-0.3, -0.25) is 4.68 Å². The fourth-order valence-corrected chi connectivity index (χ4v) is 2.96. The summed E-state index contributed by atoms with van der Waals surface area (Å²) in [6.45, 7) is 8.58. The number of rotatable bonds is 7. The molecule has 1 aliphatic heterocycles. The first kappa shape index (κ1) is 15.5. The van der Waals surface area contributed by atoms with Crippen molar-refractivity contribution in [2.45, 2.75) is 39.5 Å². The van der Waals surface area contributed by atoms with E-state index in [1.807, 2.05) is 17.9 Å². The molecule has 2 rings (SSSR count). The zero-order valence-electron chi connectivity index (χ0n) is 13.2. The highest BCUT2D eigenvalue weighted by Crippen LogP contribution is 2.34. The molecule has 0 aromatic carbocycles. The second-order valence-electron chi connectivity index (χ2n) is 6.66. The minimum Gasteiger partial charge on any atom is -0.381 e. The molecule has 1 fully saturated rings. The second-order valence-corrected chi connectivity index (χ2v) is 6.66. The zero-order chi connectivity index (χ0) is 14.4. The summed E-state index contributed by atoms with van der Waals surface area (Å²) in [6, 6.07) is 0. The standard InChI is InChI=1S/C16H29N3O/c1-14(2)10-17-13-16(6-8-20-9-7-16)5-4-15-11-18-19(3)12-15/h11-12,14,17H,4-10,13H2,1-3H3. The molecule has 20 heavy (non-hydrogen) atoms. The van der Waals surface area contributed by atoms with Crippen molar-refractivity contribution < 1.29 is 4.74 Å². The van der Waals surface area contributed by atoms with Gasteiger partial charge in [0.2, 0.25) is 0 Å². The maximum Gasteiger partial charge on any atom is 0.0521 e. The van der Waals surface area contributed by atoms with Gasteiger partial charge in [-0.2, -0.15) is 5.10 Å². The third kappa shape index (κ3) is 4.60. The van der Waals surface area contributed by atoms with Gasteiger partial charge in [0.25, 0.3) is 0 Å². The average molecular weight is 279 g/mol. The van der Waals surface area contributed by atoms with E-state index in [0.717, 1.165) is 32.7 Å². The molecule has 0 bridgehead atoms. The first-order chi connectivity index (χ1) is 9.60. The van der Waals surface area contributed by atoms with Crippen molar-refractivity contribution in [1.82, 2.24) is 15.1 Å². The van der Waals surface area contributed by atoms with E-state index in [1.54, 1.807) is 0 Å². The lowest BCUT2D eigenvalue weighted by molar-refractivity contribution is 0.0103. The van der Waals surface area contributed by atoms with Crippen LogP contribution in [-0.4, -0.2) is 36.1 Å². The SMILES string of the molecule is CC(C)CNCC1(CCc2cnn(C)c2)CCOCC1. The third-order valence-corrected chi connectivity index (χ3v) is 4.31. The molecule has 0 atom stereocenters. The van der Waals surface area contributed by atoms with Crippen molar-refractivity contribution in [3.05, 3.63) is 18.0 Å².